The van der Waals surface area contributed by atoms with Crippen LogP contribution in [0.5, 0.6) is 5.75 Å². The lowest BCUT2D eigenvalue weighted by molar-refractivity contribution is -0.386. The van der Waals surface area contributed by atoms with Crippen LogP contribution in [-0.4, -0.2) is 17.3 Å². The molecule has 1 atom stereocenters. The second kappa shape index (κ2) is 7.26. The number of ether oxygens (including phenoxy) is 1. The van der Waals surface area contributed by atoms with Crippen LogP contribution in [-0.2, 0) is 6.42 Å². The molecule has 1 unspecified atom stereocenters. The van der Waals surface area contributed by atoms with Crippen molar-refractivity contribution in [2.24, 2.45) is 5.92 Å². The summed E-state index contributed by atoms with van der Waals surface area (Å²) in [4.78, 5) is 10.6. The zero-order valence-corrected chi connectivity index (χ0v) is 11.7. The summed E-state index contributed by atoms with van der Waals surface area (Å²) in [5.74, 6) is 1.38. The maximum atomic E-state index is 11.0. The molecular weight excluding hydrogens is 250 g/mol. The van der Waals surface area contributed by atoms with Crippen LogP contribution in [0.2, 0.25) is 0 Å². The average molecular weight is 269 g/mol. The molecule has 18 heavy (non-hydrogen) atoms. The number of rotatable bonds is 7. The number of benzene rings is 1. The maximum absolute atomic E-state index is 11.0. The maximum Gasteiger partial charge on any atom is 0.311 e. The van der Waals surface area contributed by atoms with Crippen LogP contribution in [0.4, 0.5) is 5.69 Å². The molecule has 0 saturated carbocycles. The zero-order chi connectivity index (χ0) is 13.5. The highest BCUT2D eigenvalue weighted by Crippen LogP contribution is 2.28. The molecule has 0 heterocycles. The fraction of sp³-hybridized carbons (Fsp3) is 0.538. The summed E-state index contributed by atoms with van der Waals surface area (Å²) in [6, 6.07) is 5.13. The molecule has 1 aromatic rings. The molecule has 1 aromatic carbocycles. The SMILES string of the molecule is CCc1ccc(OCC(CC)CS)c([N+](=O)[O-])c1. The monoisotopic (exact) mass is 269 g/mol. The van der Waals surface area contributed by atoms with Crippen LogP contribution in [0.15, 0.2) is 18.2 Å². The van der Waals surface area contributed by atoms with Crippen molar-refractivity contribution in [1.82, 2.24) is 0 Å². The molecule has 0 N–H and O–H groups in total. The van der Waals surface area contributed by atoms with E-state index in [0.29, 0.717) is 18.3 Å². The Morgan fingerprint density at radius 2 is 2.17 bits per heavy atom. The molecule has 4 nitrogen and oxygen atoms in total. The minimum Gasteiger partial charge on any atom is -0.486 e. The van der Waals surface area contributed by atoms with Gasteiger partial charge in [-0.05, 0) is 30.2 Å². The van der Waals surface area contributed by atoms with Gasteiger partial charge in [0.2, 0.25) is 0 Å². The van der Waals surface area contributed by atoms with Crippen molar-refractivity contribution in [2.75, 3.05) is 12.4 Å². The van der Waals surface area contributed by atoms with Crippen molar-refractivity contribution in [3.05, 3.63) is 33.9 Å². The molecule has 0 fully saturated rings. The number of hydrogen-bond acceptors (Lipinski definition) is 4. The van der Waals surface area contributed by atoms with Crippen LogP contribution in [0.1, 0.15) is 25.8 Å². The summed E-state index contributed by atoms with van der Waals surface area (Å²) in [5.41, 5.74) is 0.985. The first-order chi connectivity index (χ1) is 8.62. The van der Waals surface area contributed by atoms with E-state index in [-0.39, 0.29) is 5.69 Å². The molecule has 5 heteroatoms. The third-order valence-electron chi connectivity index (χ3n) is 2.94. The van der Waals surface area contributed by atoms with E-state index in [4.69, 9.17) is 4.74 Å². The fourth-order valence-electron chi connectivity index (χ4n) is 1.55. The van der Waals surface area contributed by atoms with Gasteiger partial charge < -0.3 is 4.74 Å². The second-order valence-corrected chi connectivity index (χ2v) is 4.55. The Morgan fingerprint density at radius 1 is 1.44 bits per heavy atom. The molecule has 0 aliphatic heterocycles. The van der Waals surface area contributed by atoms with Gasteiger partial charge in [0.25, 0.3) is 0 Å². The predicted octanol–water partition coefficient (Wildman–Crippen LogP) is 3.49. The van der Waals surface area contributed by atoms with Crippen LogP contribution >= 0.6 is 12.6 Å². The molecule has 1 rings (SSSR count). The van der Waals surface area contributed by atoms with Gasteiger partial charge in [0.15, 0.2) is 5.75 Å². The van der Waals surface area contributed by atoms with Gasteiger partial charge in [-0.15, -0.1) is 0 Å². The van der Waals surface area contributed by atoms with Crippen molar-refractivity contribution in [2.45, 2.75) is 26.7 Å². The third-order valence-corrected chi connectivity index (χ3v) is 3.45. The van der Waals surface area contributed by atoms with E-state index >= 15 is 0 Å². The highest BCUT2D eigenvalue weighted by Gasteiger charge is 2.16. The average Bonchev–Trinajstić information content (AvgIpc) is 2.39. The van der Waals surface area contributed by atoms with Crippen LogP contribution < -0.4 is 4.74 Å². The van der Waals surface area contributed by atoms with E-state index in [1.54, 1.807) is 12.1 Å². The standard InChI is InChI=1S/C13H19NO3S/c1-3-10-5-6-13(12(7-10)14(15)16)17-8-11(4-2)9-18/h5-7,11,18H,3-4,8-9H2,1-2H3. The molecular formula is C13H19NO3S. The Morgan fingerprint density at radius 3 is 2.67 bits per heavy atom. The van der Waals surface area contributed by atoms with Crippen molar-refractivity contribution >= 4 is 18.3 Å². The first kappa shape index (κ1) is 14.8. The number of nitro groups is 1. The highest BCUT2D eigenvalue weighted by atomic mass is 32.1. The van der Waals surface area contributed by atoms with Gasteiger partial charge in [-0.3, -0.25) is 10.1 Å². The molecule has 0 saturated heterocycles. The summed E-state index contributed by atoms with van der Waals surface area (Å²) in [6.45, 7) is 4.48. The molecule has 0 amide bonds. The Labute approximate surface area is 113 Å². The van der Waals surface area contributed by atoms with Crippen molar-refractivity contribution in [1.29, 1.82) is 0 Å². The van der Waals surface area contributed by atoms with Crippen molar-refractivity contribution < 1.29 is 9.66 Å². The third kappa shape index (κ3) is 3.91. The van der Waals surface area contributed by atoms with E-state index in [1.165, 1.54) is 0 Å². The minimum absolute atomic E-state index is 0.0448. The molecule has 0 bridgehead atoms. The smallest absolute Gasteiger partial charge is 0.311 e. The van der Waals surface area contributed by atoms with Crippen LogP contribution in [0.3, 0.4) is 0 Å². The van der Waals surface area contributed by atoms with Crippen LogP contribution in [0.25, 0.3) is 0 Å². The van der Waals surface area contributed by atoms with Gasteiger partial charge in [0, 0.05) is 12.0 Å². The predicted molar refractivity (Wildman–Crippen MR) is 75.6 cm³/mol. The Kier molecular flexibility index (Phi) is 5.98. The molecule has 0 spiro atoms. The molecule has 100 valence electrons. The van der Waals surface area contributed by atoms with E-state index < -0.39 is 4.92 Å². The minimum atomic E-state index is -0.393. The van der Waals surface area contributed by atoms with Gasteiger partial charge in [0.1, 0.15) is 0 Å². The fourth-order valence-corrected chi connectivity index (χ4v) is 1.92. The highest BCUT2D eigenvalue weighted by molar-refractivity contribution is 7.80. The van der Waals surface area contributed by atoms with E-state index in [2.05, 4.69) is 19.6 Å². The Balaban J connectivity index is 2.84. The lowest BCUT2D eigenvalue weighted by atomic mass is 10.1. The molecule has 0 aliphatic carbocycles. The van der Waals surface area contributed by atoms with Gasteiger partial charge in [-0.2, -0.15) is 12.6 Å². The van der Waals surface area contributed by atoms with E-state index in [0.717, 1.165) is 24.2 Å². The number of nitro benzene ring substituents is 1. The van der Waals surface area contributed by atoms with E-state index in [9.17, 15) is 10.1 Å². The zero-order valence-electron chi connectivity index (χ0n) is 10.8. The summed E-state index contributed by atoms with van der Waals surface area (Å²) in [5, 5.41) is 11.0. The molecule has 0 aromatic heterocycles. The Hall–Kier alpha value is -1.23. The number of nitrogens with zero attached hydrogens (tertiary/aromatic N) is 1. The lowest BCUT2D eigenvalue weighted by Gasteiger charge is -2.13. The van der Waals surface area contributed by atoms with Gasteiger partial charge in [-0.1, -0.05) is 19.9 Å². The van der Waals surface area contributed by atoms with Crippen LogP contribution in [0, 0.1) is 16.0 Å². The number of aryl methyl sites for hydroxylation is 1. The second-order valence-electron chi connectivity index (χ2n) is 4.18. The van der Waals surface area contributed by atoms with Gasteiger partial charge in [0.05, 0.1) is 11.5 Å². The largest absolute Gasteiger partial charge is 0.486 e. The molecule has 0 radical (unpaired) electrons. The summed E-state index contributed by atoms with van der Waals surface area (Å²) >= 11 is 4.23. The summed E-state index contributed by atoms with van der Waals surface area (Å²) in [7, 11) is 0. The summed E-state index contributed by atoms with van der Waals surface area (Å²) in [6.07, 6.45) is 1.72. The molecule has 0 aliphatic rings. The quantitative estimate of drug-likeness (QED) is 0.468. The Bertz CT molecular complexity index is 405. The first-order valence-corrected chi connectivity index (χ1v) is 6.76. The van der Waals surface area contributed by atoms with Gasteiger partial charge in [-0.25, -0.2) is 0 Å². The topological polar surface area (TPSA) is 52.4 Å². The van der Waals surface area contributed by atoms with Gasteiger partial charge >= 0.3 is 5.69 Å². The number of thiol groups is 1. The first-order valence-electron chi connectivity index (χ1n) is 6.13. The summed E-state index contributed by atoms with van der Waals surface area (Å²) < 4.78 is 5.55. The lowest BCUT2D eigenvalue weighted by Crippen LogP contribution is -2.13. The normalized spacial score (nSPS) is 12.2. The van der Waals surface area contributed by atoms with Crippen molar-refractivity contribution in [3.8, 4) is 5.75 Å². The number of hydrogen-bond donors (Lipinski definition) is 1. The van der Waals surface area contributed by atoms with E-state index in [1.807, 2.05) is 13.0 Å². The van der Waals surface area contributed by atoms with Crippen molar-refractivity contribution in [3.63, 3.8) is 0 Å².